The van der Waals surface area contributed by atoms with E-state index >= 15 is 0 Å². The molecule has 0 atom stereocenters. The number of anilines is 3. The Morgan fingerprint density at radius 1 is 1.05 bits per heavy atom. The van der Waals surface area contributed by atoms with Gasteiger partial charge in [-0.25, -0.2) is 9.97 Å². The van der Waals surface area contributed by atoms with Crippen molar-refractivity contribution in [3.63, 3.8) is 0 Å². The van der Waals surface area contributed by atoms with Gasteiger partial charge < -0.3 is 30.0 Å². The number of carbonyl (C=O) groups is 1. The second kappa shape index (κ2) is 14.0. The third kappa shape index (κ3) is 7.87. The van der Waals surface area contributed by atoms with E-state index in [1.54, 1.807) is 32.4 Å². The summed E-state index contributed by atoms with van der Waals surface area (Å²) in [4.78, 5) is 23.3. The Morgan fingerprint density at radius 3 is 2.64 bits per heavy atom. The van der Waals surface area contributed by atoms with Gasteiger partial charge in [0.05, 0.1) is 37.6 Å². The zero-order valence-corrected chi connectivity index (χ0v) is 22.0. The number of para-hydroxylation sites is 1. The second-order valence-electron chi connectivity index (χ2n) is 8.64. The summed E-state index contributed by atoms with van der Waals surface area (Å²) in [6.45, 7) is 2.76. The number of rotatable bonds is 15. The minimum absolute atomic E-state index is 0.0489. The lowest BCUT2D eigenvalue weighted by Gasteiger charge is -2.21. The highest BCUT2D eigenvalue weighted by Crippen LogP contribution is 2.35. The molecule has 0 unspecified atom stereocenters. The summed E-state index contributed by atoms with van der Waals surface area (Å²) in [7, 11) is 3.23. The molecule has 0 radical (unpaired) electrons. The van der Waals surface area contributed by atoms with Crippen LogP contribution in [-0.2, 0) is 16.0 Å². The quantitative estimate of drug-likeness (QED) is 0.179. The van der Waals surface area contributed by atoms with Gasteiger partial charge in [-0.1, -0.05) is 18.2 Å². The van der Waals surface area contributed by atoms with Gasteiger partial charge in [-0.05, 0) is 12.1 Å². The Labute approximate surface area is 226 Å². The molecule has 0 aliphatic rings. The van der Waals surface area contributed by atoms with Crippen molar-refractivity contribution < 1.29 is 24.1 Å². The third-order valence-corrected chi connectivity index (χ3v) is 5.89. The number of benzene rings is 2. The molecule has 12 heteroatoms. The first-order valence-corrected chi connectivity index (χ1v) is 12.5. The topological polar surface area (TPSA) is 147 Å². The van der Waals surface area contributed by atoms with Crippen molar-refractivity contribution in [1.82, 2.24) is 25.1 Å². The Bertz CT molecular complexity index is 1350. The standard InChI is InChI=1S/C27H33N7O5/c1-37-12-9-34(8-11-35)10-13-39-23-17-21(38-2)16-22-26(23)27(29-18-28-22)31-24-14-20(32-33-24)15-25(36)30-19-6-4-3-5-7-19/h3-7,14,16-18,35H,8-13,15H2,1-2H3,(H,30,36)(H2,28,29,31,32,33). The van der Waals surface area contributed by atoms with Crippen molar-refractivity contribution >= 4 is 34.1 Å². The summed E-state index contributed by atoms with van der Waals surface area (Å²) < 4.78 is 16.8. The van der Waals surface area contributed by atoms with Crippen LogP contribution in [-0.4, -0.2) is 89.8 Å². The molecule has 4 aromatic rings. The van der Waals surface area contributed by atoms with Crippen LogP contribution in [0.15, 0.2) is 54.9 Å². The number of aromatic amines is 1. The van der Waals surface area contributed by atoms with Crippen LogP contribution in [0.3, 0.4) is 0 Å². The van der Waals surface area contributed by atoms with E-state index in [4.69, 9.17) is 14.2 Å². The Balaban J connectivity index is 1.48. The average molecular weight is 536 g/mol. The molecule has 12 nitrogen and oxygen atoms in total. The predicted molar refractivity (Wildman–Crippen MR) is 148 cm³/mol. The molecule has 2 aromatic heterocycles. The first-order chi connectivity index (χ1) is 19.1. The van der Waals surface area contributed by atoms with Crippen LogP contribution in [0.2, 0.25) is 0 Å². The van der Waals surface area contributed by atoms with Gasteiger partial charge in [0.2, 0.25) is 5.91 Å². The fourth-order valence-electron chi connectivity index (χ4n) is 3.97. The molecule has 4 rings (SSSR count). The number of nitrogens with one attached hydrogen (secondary N) is 3. The molecule has 0 aliphatic heterocycles. The zero-order valence-electron chi connectivity index (χ0n) is 22.0. The molecule has 1 amide bonds. The van der Waals surface area contributed by atoms with Crippen molar-refractivity contribution in [3.8, 4) is 11.5 Å². The monoisotopic (exact) mass is 535 g/mol. The smallest absolute Gasteiger partial charge is 0.230 e. The van der Waals surface area contributed by atoms with Crippen molar-refractivity contribution in [3.05, 3.63) is 60.6 Å². The van der Waals surface area contributed by atoms with E-state index in [0.717, 1.165) is 5.69 Å². The summed E-state index contributed by atoms with van der Waals surface area (Å²) in [6.07, 6.45) is 1.58. The number of nitrogens with zero attached hydrogens (tertiary/aromatic N) is 4. The number of ether oxygens (including phenoxy) is 3. The third-order valence-electron chi connectivity index (χ3n) is 5.89. The number of aromatic nitrogens is 4. The van der Waals surface area contributed by atoms with E-state index in [2.05, 4.69) is 35.7 Å². The average Bonchev–Trinajstić information content (AvgIpc) is 3.38. The Morgan fingerprint density at radius 2 is 1.87 bits per heavy atom. The van der Waals surface area contributed by atoms with Crippen LogP contribution in [0.1, 0.15) is 5.69 Å². The molecule has 0 fully saturated rings. The maximum Gasteiger partial charge on any atom is 0.230 e. The second-order valence-corrected chi connectivity index (χ2v) is 8.64. The number of carbonyl (C=O) groups excluding carboxylic acids is 1. The molecule has 206 valence electrons. The summed E-state index contributed by atoms with van der Waals surface area (Å²) in [5, 5.41) is 23.3. The Kier molecular flexibility index (Phi) is 10.0. The first-order valence-electron chi connectivity index (χ1n) is 12.5. The van der Waals surface area contributed by atoms with E-state index in [1.807, 2.05) is 30.3 Å². The maximum atomic E-state index is 12.4. The van der Waals surface area contributed by atoms with Crippen LogP contribution < -0.4 is 20.1 Å². The van der Waals surface area contributed by atoms with E-state index in [-0.39, 0.29) is 18.9 Å². The molecule has 0 bridgehead atoms. The lowest BCUT2D eigenvalue weighted by molar-refractivity contribution is -0.115. The minimum atomic E-state index is -0.160. The molecular formula is C27H33N7O5. The molecule has 2 heterocycles. The number of fused-ring (bicyclic) bond motifs is 1. The lowest BCUT2D eigenvalue weighted by atomic mass is 10.2. The number of amides is 1. The van der Waals surface area contributed by atoms with Gasteiger partial charge in [0, 0.05) is 56.3 Å². The van der Waals surface area contributed by atoms with E-state index in [0.29, 0.717) is 72.6 Å². The van der Waals surface area contributed by atoms with Crippen molar-refractivity contribution in [2.45, 2.75) is 6.42 Å². The van der Waals surface area contributed by atoms with Crippen LogP contribution in [0, 0.1) is 0 Å². The van der Waals surface area contributed by atoms with Crippen LogP contribution in [0.5, 0.6) is 11.5 Å². The summed E-state index contributed by atoms with van der Waals surface area (Å²) >= 11 is 0. The van der Waals surface area contributed by atoms with Gasteiger partial charge in [0.15, 0.2) is 5.82 Å². The van der Waals surface area contributed by atoms with Gasteiger partial charge >= 0.3 is 0 Å². The number of methoxy groups -OCH3 is 2. The molecule has 0 aliphatic carbocycles. The fourth-order valence-corrected chi connectivity index (χ4v) is 3.97. The number of hydrogen-bond donors (Lipinski definition) is 4. The molecule has 39 heavy (non-hydrogen) atoms. The van der Waals surface area contributed by atoms with Gasteiger partial charge in [-0.2, -0.15) is 5.10 Å². The lowest BCUT2D eigenvalue weighted by Crippen LogP contribution is -2.33. The van der Waals surface area contributed by atoms with Crippen LogP contribution >= 0.6 is 0 Å². The van der Waals surface area contributed by atoms with Gasteiger partial charge in [-0.3, -0.25) is 14.8 Å². The van der Waals surface area contributed by atoms with E-state index in [9.17, 15) is 9.90 Å². The van der Waals surface area contributed by atoms with E-state index < -0.39 is 0 Å². The zero-order chi connectivity index (χ0) is 27.5. The maximum absolute atomic E-state index is 12.4. The number of hydrogen-bond acceptors (Lipinski definition) is 10. The molecular weight excluding hydrogens is 502 g/mol. The highest BCUT2D eigenvalue weighted by Gasteiger charge is 2.16. The fraction of sp³-hybridized carbons (Fsp3) is 0.333. The van der Waals surface area contributed by atoms with Crippen molar-refractivity contribution in [2.24, 2.45) is 0 Å². The van der Waals surface area contributed by atoms with E-state index in [1.165, 1.54) is 6.33 Å². The van der Waals surface area contributed by atoms with Gasteiger partial charge in [0.1, 0.15) is 30.3 Å². The van der Waals surface area contributed by atoms with Gasteiger partial charge in [0.25, 0.3) is 0 Å². The van der Waals surface area contributed by atoms with Crippen LogP contribution in [0.4, 0.5) is 17.3 Å². The highest BCUT2D eigenvalue weighted by molar-refractivity contribution is 5.96. The highest BCUT2D eigenvalue weighted by atomic mass is 16.5. The SMILES string of the molecule is COCCN(CCO)CCOc1cc(OC)cc2ncnc(Nc3cc(CC(=O)Nc4ccccc4)[nH]n3)c12. The van der Waals surface area contributed by atoms with Crippen LogP contribution in [0.25, 0.3) is 10.9 Å². The Hall–Kier alpha value is -4.26. The molecule has 0 spiro atoms. The van der Waals surface area contributed by atoms with Gasteiger partial charge in [-0.15, -0.1) is 0 Å². The number of H-pyrrole nitrogens is 1. The summed E-state index contributed by atoms with van der Waals surface area (Å²) in [5.74, 6) is 1.97. The minimum Gasteiger partial charge on any atom is -0.497 e. The summed E-state index contributed by atoms with van der Waals surface area (Å²) in [5.41, 5.74) is 2.00. The molecule has 2 aromatic carbocycles. The molecule has 0 saturated heterocycles. The first kappa shape index (κ1) is 27.8. The largest absolute Gasteiger partial charge is 0.497 e. The number of aliphatic hydroxyl groups excluding tert-OH is 1. The molecule has 0 saturated carbocycles. The normalized spacial score (nSPS) is 11.1. The number of aliphatic hydroxyl groups is 1. The predicted octanol–water partition coefficient (Wildman–Crippen LogP) is 2.61. The van der Waals surface area contributed by atoms with Crippen molar-refractivity contribution in [2.75, 3.05) is 64.3 Å². The molecule has 4 N–H and O–H groups in total. The summed E-state index contributed by atoms with van der Waals surface area (Å²) in [6, 6.07) is 14.6. The van der Waals surface area contributed by atoms with Crippen molar-refractivity contribution in [1.29, 1.82) is 0 Å².